The summed E-state index contributed by atoms with van der Waals surface area (Å²) in [6.45, 7) is 15.7. The number of aromatic amines is 2. The van der Waals surface area contributed by atoms with Crippen LogP contribution < -0.4 is 5.32 Å². The fourth-order valence-electron chi connectivity index (χ4n) is 6.25. The zero-order chi connectivity index (χ0) is 32.8. The van der Waals surface area contributed by atoms with Crippen molar-refractivity contribution in [3.05, 3.63) is 102 Å². The number of hydrogen-bond donors (Lipinski definition) is 3. The third-order valence-electron chi connectivity index (χ3n) is 8.75. The molecule has 0 saturated carbocycles. The maximum atomic E-state index is 14.9. The summed E-state index contributed by atoms with van der Waals surface area (Å²) in [5, 5.41) is 11.8. The predicted molar refractivity (Wildman–Crippen MR) is 190 cm³/mol. The predicted octanol–water partition coefficient (Wildman–Crippen LogP) is 8.50. The van der Waals surface area contributed by atoms with E-state index in [2.05, 4.69) is 61.5 Å². The SMILES string of the molecule is C=C/C(=C\C(=C/C)c1cnc2n[nH]c(-c3nc4c(-c5cc(F)cc(CCCN6CCCC6)c5)nccc4[nH]3)c2c1)NC(=C)CCCC. The first-order valence-corrected chi connectivity index (χ1v) is 16.6. The van der Waals surface area contributed by atoms with Crippen LogP contribution in [0.25, 0.3) is 50.4 Å². The molecule has 47 heavy (non-hydrogen) atoms. The lowest BCUT2D eigenvalue weighted by Gasteiger charge is -2.14. The van der Waals surface area contributed by atoms with E-state index in [0.717, 1.165) is 83.2 Å². The minimum absolute atomic E-state index is 0.264. The van der Waals surface area contributed by atoms with E-state index in [0.29, 0.717) is 28.4 Å². The van der Waals surface area contributed by atoms with Gasteiger partial charge >= 0.3 is 0 Å². The highest BCUT2D eigenvalue weighted by Crippen LogP contribution is 2.32. The van der Waals surface area contributed by atoms with E-state index in [9.17, 15) is 4.39 Å². The molecule has 1 aliphatic rings. The molecule has 0 radical (unpaired) electrons. The Kier molecular flexibility index (Phi) is 10.0. The van der Waals surface area contributed by atoms with Crippen LogP contribution in [0.1, 0.15) is 63.5 Å². The average Bonchev–Trinajstić information content (AvgIpc) is 3.85. The van der Waals surface area contributed by atoms with E-state index in [4.69, 9.17) is 4.98 Å². The number of imidazole rings is 1. The van der Waals surface area contributed by atoms with Gasteiger partial charge in [0.15, 0.2) is 11.5 Å². The minimum Gasteiger partial charge on any atom is -0.359 e. The van der Waals surface area contributed by atoms with Crippen molar-refractivity contribution in [1.82, 2.24) is 40.3 Å². The number of likely N-dealkylation sites (tertiary alicyclic amines) is 1. The molecule has 0 atom stereocenters. The largest absolute Gasteiger partial charge is 0.359 e. The van der Waals surface area contributed by atoms with Crippen LogP contribution in [0.5, 0.6) is 0 Å². The fraction of sp³-hybridized carbons (Fsp3) is 0.316. The molecular weight excluding hydrogens is 587 g/mol. The van der Waals surface area contributed by atoms with E-state index < -0.39 is 0 Å². The summed E-state index contributed by atoms with van der Waals surface area (Å²) in [7, 11) is 0. The number of nitrogens with one attached hydrogen (secondary N) is 3. The number of aryl methyl sites for hydroxylation is 1. The molecule has 5 heterocycles. The van der Waals surface area contributed by atoms with Gasteiger partial charge in [-0.1, -0.05) is 32.6 Å². The van der Waals surface area contributed by atoms with Gasteiger partial charge in [0, 0.05) is 34.9 Å². The lowest BCUT2D eigenvalue weighted by Crippen LogP contribution is -2.20. The maximum Gasteiger partial charge on any atom is 0.181 e. The van der Waals surface area contributed by atoms with Crippen LogP contribution in [0.4, 0.5) is 4.39 Å². The highest BCUT2D eigenvalue weighted by molar-refractivity contribution is 5.96. The highest BCUT2D eigenvalue weighted by Gasteiger charge is 2.18. The monoisotopic (exact) mass is 630 g/mol. The Labute approximate surface area is 275 Å². The maximum absolute atomic E-state index is 14.9. The van der Waals surface area contributed by atoms with Crippen molar-refractivity contribution >= 4 is 27.6 Å². The molecule has 1 fully saturated rings. The molecule has 0 aliphatic carbocycles. The molecule has 0 unspecified atom stereocenters. The van der Waals surface area contributed by atoms with Gasteiger partial charge in [-0.2, -0.15) is 5.10 Å². The summed E-state index contributed by atoms with van der Waals surface area (Å²) < 4.78 is 14.9. The van der Waals surface area contributed by atoms with Crippen molar-refractivity contribution in [2.45, 2.75) is 58.8 Å². The minimum atomic E-state index is -0.264. The number of nitrogens with zero attached hydrogens (tertiary/aromatic N) is 5. The molecule has 3 N–H and O–H groups in total. The number of H-pyrrole nitrogens is 2. The van der Waals surface area contributed by atoms with Gasteiger partial charge < -0.3 is 15.2 Å². The number of halogens is 1. The third kappa shape index (κ3) is 7.41. The first kappa shape index (κ1) is 32.1. The molecule has 0 spiro atoms. The van der Waals surface area contributed by atoms with Crippen molar-refractivity contribution in [3.8, 4) is 22.8 Å². The van der Waals surface area contributed by atoms with Crippen molar-refractivity contribution < 1.29 is 4.39 Å². The van der Waals surface area contributed by atoms with Crippen LogP contribution >= 0.6 is 0 Å². The third-order valence-corrected chi connectivity index (χ3v) is 8.75. The number of hydrogen-bond acceptors (Lipinski definition) is 6. The van der Waals surface area contributed by atoms with Gasteiger partial charge in [0.1, 0.15) is 17.0 Å². The smallest absolute Gasteiger partial charge is 0.181 e. The number of aromatic nitrogens is 6. The summed E-state index contributed by atoms with van der Waals surface area (Å²) in [4.78, 5) is 20.2. The van der Waals surface area contributed by atoms with Gasteiger partial charge in [0.25, 0.3) is 0 Å². The van der Waals surface area contributed by atoms with Crippen LogP contribution in [-0.2, 0) is 6.42 Å². The summed E-state index contributed by atoms with van der Waals surface area (Å²) in [6.07, 6.45) is 16.9. The molecule has 1 aromatic carbocycles. The number of allylic oxidation sites excluding steroid dienone is 5. The zero-order valence-corrected chi connectivity index (χ0v) is 27.4. The summed E-state index contributed by atoms with van der Waals surface area (Å²) in [5.41, 5.74) is 8.85. The Morgan fingerprint density at radius 1 is 1.13 bits per heavy atom. The Hall–Kier alpha value is -4.89. The Morgan fingerprint density at radius 3 is 2.77 bits per heavy atom. The van der Waals surface area contributed by atoms with Crippen LogP contribution in [0, 0.1) is 5.82 Å². The van der Waals surface area contributed by atoms with E-state index >= 15 is 0 Å². The molecule has 5 aromatic rings. The van der Waals surface area contributed by atoms with Crippen molar-refractivity contribution in [2.75, 3.05) is 19.6 Å². The van der Waals surface area contributed by atoms with Crippen molar-refractivity contribution in [2.24, 2.45) is 0 Å². The van der Waals surface area contributed by atoms with Crippen LogP contribution in [0.15, 0.2) is 85.5 Å². The second kappa shape index (κ2) is 14.7. The van der Waals surface area contributed by atoms with E-state index in [1.54, 1.807) is 24.4 Å². The second-order valence-corrected chi connectivity index (χ2v) is 12.2. The van der Waals surface area contributed by atoms with Gasteiger partial charge in [0.05, 0.1) is 16.6 Å². The molecule has 8 nitrogen and oxygen atoms in total. The van der Waals surface area contributed by atoms with Crippen LogP contribution in [0.2, 0.25) is 0 Å². The number of rotatable bonds is 14. The Morgan fingerprint density at radius 2 is 1.98 bits per heavy atom. The van der Waals surface area contributed by atoms with Gasteiger partial charge in [-0.05, 0) is 119 Å². The number of unbranched alkanes of at least 4 members (excludes halogenated alkanes) is 1. The van der Waals surface area contributed by atoms with E-state index in [-0.39, 0.29) is 5.82 Å². The first-order valence-electron chi connectivity index (χ1n) is 16.6. The van der Waals surface area contributed by atoms with E-state index in [1.165, 1.54) is 25.9 Å². The van der Waals surface area contributed by atoms with Crippen molar-refractivity contribution in [1.29, 1.82) is 0 Å². The van der Waals surface area contributed by atoms with Gasteiger partial charge in [0.2, 0.25) is 0 Å². The average molecular weight is 631 g/mol. The molecule has 0 amide bonds. The molecule has 0 bridgehead atoms. The molecular formula is C38H43FN8. The van der Waals surface area contributed by atoms with Gasteiger partial charge in [-0.3, -0.25) is 10.1 Å². The van der Waals surface area contributed by atoms with Crippen LogP contribution in [-0.4, -0.2) is 54.7 Å². The van der Waals surface area contributed by atoms with Gasteiger partial charge in [-0.15, -0.1) is 0 Å². The summed E-state index contributed by atoms with van der Waals surface area (Å²) in [6, 6.07) is 9.17. The Balaban J connectivity index is 1.29. The van der Waals surface area contributed by atoms with Gasteiger partial charge in [-0.25, -0.2) is 14.4 Å². The standard InChI is InChI=1S/C38H43FN8/c1-5-8-12-25(4)42-31(7-3)22-27(6-2)29-23-32-35(45-46-37(32)41-24-29)38-43-33-14-15-40-34(36(33)44-38)28-19-26(20-30(39)21-28)13-11-18-47-16-9-10-17-47/h6-7,14-15,19-24,42H,3-5,8-13,16-18H2,1-2H3,(H,43,44)(H,41,45,46)/b27-6+,31-22+. The Bertz CT molecular complexity index is 1960. The lowest BCUT2D eigenvalue weighted by atomic mass is 10.0. The number of fused-ring (bicyclic) bond motifs is 2. The summed E-state index contributed by atoms with van der Waals surface area (Å²) >= 11 is 0. The molecule has 6 rings (SSSR count). The molecule has 4 aromatic heterocycles. The topological polar surface area (TPSA) is 98.4 Å². The number of benzene rings is 1. The molecule has 9 heteroatoms. The van der Waals surface area contributed by atoms with Crippen molar-refractivity contribution in [3.63, 3.8) is 0 Å². The fourth-order valence-corrected chi connectivity index (χ4v) is 6.25. The molecule has 242 valence electrons. The highest BCUT2D eigenvalue weighted by atomic mass is 19.1. The normalized spacial score (nSPS) is 14.4. The second-order valence-electron chi connectivity index (χ2n) is 12.2. The zero-order valence-electron chi connectivity index (χ0n) is 27.4. The molecule has 1 aliphatic heterocycles. The molecule has 1 saturated heterocycles. The van der Waals surface area contributed by atoms with E-state index in [1.807, 2.05) is 37.4 Å². The lowest BCUT2D eigenvalue weighted by molar-refractivity contribution is 0.334. The van der Waals surface area contributed by atoms with Crippen LogP contribution in [0.3, 0.4) is 0 Å². The number of pyridine rings is 2. The first-order chi connectivity index (χ1) is 22.9. The quantitative estimate of drug-likeness (QED) is 0.106. The summed E-state index contributed by atoms with van der Waals surface area (Å²) in [5.74, 6) is 0.344.